The number of hydrogen-bond acceptors (Lipinski definition) is 6. The van der Waals surface area contributed by atoms with Crippen LogP contribution in [0.2, 0.25) is 0 Å². The van der Waals surface area contributed by atoms with Crippen LogP contribution in [-0.4, -0.2) is 73.5 Å². The molecule has 2 amide bonds. The lowest BCUT2D eigenvalue weighted by atomic mass is 10.0. The number of aromatic nitrogens is 1. The van der Waals surface area contributed by atoms with Crippen LogP contribution >= 0.6 is 0 Å². The highest BCUT2D eigenvalue weighted by Gasteiger charge is 2.41. The van der Waals surface area contributed by atoms with E-state index < -0.39 is 0 Å². The molecule has 1 aromatic heterocycles. The van der Waals surface area contributed by atoms with Crippen LogP contribution in [0.15, 0.2) is 42.6 Å². The maximum absolute atomic E-state index is 12.9. The highest BCUT2D eigenvalue weighted by molar-refractivity contribution is 5.93. The van der Waals surface area contributed by atoms with Crippen molar-refractivity contribution < 1.29 is 14.3 Å². The summed E-state index contributed by atoms with van der Waals surface area (Å²) in [4.78, 5) is 35.4. The number of ether oxygens (including phenoxy) is 1. The smallest absolute Gasteiger partial charge is 0.246 e. The maximum Gasteiger partial charge on any atom is 0.246 e. The summed E-state index contributed by atoms with van der Waals surface area (Å²) in [5.74, 6) is 2.41. The molecular formula is C25H29N5O3. The Morgan fingerprint density at radius 2 is 1.91 bits per heavy atom. The second-order valence-electron chi connectivity index (χ2n) is 9.17. The second kappa shape index (κ2) is 8.86. The first-order valence-corrected chi connectivity index (χ1v) is 11.3. The van der Waals surface area contributed by atoms with E-state index in [4.69, 9.17) is 4.74 Å². The molecule has 2 atom stereocenters. The van der Waals surface area contributed by atoms with E-state index in [0.29, 0.717) is 30.7 Å². The molecule has 5 rings (SSSR count). The number of amides is 2. The van der Waals surface area contributed by atoms with Crippen molar-refractivity contribution in [1.29, 1.82) is 0 Å². The second-order valence-corrected chi connectivity index (χ2v) is 9.17. The van der Waals surface area contributed by atoms with Crippen molar-refractivity contribution in [2.45, 2.75) is 6.54 Å². The number of likely N-dealkylation sites (tertiary alicyclic amines) is 1. The summed E-state index contributed by atoms with van der Waals surface area (Å²) < 4.78 is 5.52. The Bertz CT molecular complexity index is 1090. The summed E-state index contributed by atoms with van der Waals surface area (Å²) in [6.45, 7) is 4.40. The van der Waals surface area contributed by atoms with Gasteiger partial charge in [0.2, 0.25) is 11.8 Å². The largest absolute Gasteiger partial charge is 0.495 e. The van der Waals surface area contributed by atoms with E-state index in [2.05, 4.69) is 21.3 Å². The molecule has 3 aliphatic heterocycles. The fourth-order valence-electron chi connectivity index (χ4n) is 5.15. The van der Waals surface area contributed by atoms with Crippen molar-refractivity contribution in [2.75, 3.05) is 57.1 Å². The summed E-state index contributed by atoms with van der Waals surface area (Å²) in [6.07, 6.45) is 5.15. The maximum atomic E-state index is 12.9. The van der Waals surface area contributed by atoms with Gasteiger partial charge in [-0.1, -0.05) is 12.1 Å². The van der Waals surface area contributed by atoms with Gasteiger partial charge in [0.1, 0.15) is 11.6 Å². The Morgan fingerprint density at radius 1 is 1.15 bits per heavy atom. The van der Waals surface area contributed by atoms with Gasteiger partial charge in [-0.25, -0.2) is 4.98 Å². The number of para-hydroxylation sites is 2. The zero-order valence-electron chi connectivity index (χ0n) is 19.0. The minimum absolute atomic E-state index is 0.0357. The standard InChI is InChI=1S/C25H29N5O3/c1-28-11-18-9-17(10-26-25(18)27-23(31)16-28)7-8-24(32)30-14-19-12-29(13-20(19)15-30)21-5-3-4-6-22(21)33-2/h3-10,19-20H,11-16H2,1-2H3,(H,26,27,31)/b8-7+/t19-,20+. The number of methoxy groups -OCH3 is 1. The lowest BCUT2D eigenvalue weighted by Crippen LogP contribution is -2.32. The molecule has 0 spiro atoms. The van der Waals surface area contributed by atoms with Gasteiger partial charge >= 0.3 is 0 Å². The van der Waals surface area contributed by atoms with Crippen molar-refractivity contribution in [3.63, 3.8) is 0 Å². The number of nitrogens with one attached hydrogen (secondary N) is 1. The number of fused-ring (bicyclic) bond motifs is 2. The highest BCUT2D eigenvalue weighted by Crippen LogP contribution is 2.37. The van der Waals surface area contributed by atoms with E-state index in [-0.39, 0.29) is 11.8 Å². The van der Waals surface area contributed by atoms with Crippen LogP contribution in [0, 0.1) is 11.8 Å². The van der Waals surface area contributed by atoms with E-state index in [1.807, 2.05) is 47.2 Å². The summed E-state index contributed by atoms with van der Waals surface area (Å²) in [7, 11) is 3.61. The summed E-state index contributed by atoms with van der Waals surface area (Å²) >= 11 is 0. The first-order valence-electron chi connectivity index (χ1n) is 11.3. The number of benzene rings is 1. The molecule has 2 saturated heterocycles. The summed E-state index contributed by atoms with van der Waals surface area (Å²) in [6, 6.07) is 10.1. The fourth-order valence-corrected chi connectivity index (χ4v) is 5.15. The summed E-state index contributed by atoms with van der Waals surface area (Å²) in [5, 5.41) is 2.83. The zero-order chi connectivity index (χ0) is 22.9. The minimum Gasteiger partial charge on any atom is -0.495 e. The van der Waals surface area contributed by atoms with Gasteiger partial charge in [-0.15, -0.1) is 0 Å². The predicted octanol–water partition coefficient (Wildman–Crippen LogP) is 2.08. The number of pyridine rings is 1. The topological polar surface area (TPSA) is 78.0 Å². The van der Waals surface area contributed by atoms with Crippen LogP contribution in [0.1, 0.15) is 11.1 Å². The molecule has 8 nitrogen and oxygen atoms in total. The first kappa shape index (κ1) is 21.5. The molecule has 2 fully saturated rings. The molecule has 172 valence electrons. The van der Waals surface area contributed by atoms with Gasteiger partial charge in [-0.05, 0) is 36.9 Å². The molecule has 0 aliphatic carbocycles. The molecule has 0 radical (unpaired) electrons. The molecule has 33 heavy (non-hydrogen) atoms. The zero-order valence-corrected chi connectivity index (χ0v) is 19.0. The highest BCUT2D eigenvalue weighted by atomic mass is 16.5. The lowest BCUT2D eigenvalue weighted by molar-refractivity contribution is -0.125. The molecular weight excluding hydrogens is 418 g/mol. The fraction of sp³-hybridized carbons (Fsp3) is 0.400. The van der Waals surface area contributed by atoms with Gasteiger partial charge in [0, 0.05) is 62.4 Å². The molecule has 1 N–H and O–H groups in total. The Kier molecular flexibility index (Phi) is 5.76. The Balaban J connectivity index is 1.21. The third-order valence-corrected chi connectivity index (χ3v) is 6.74. The van der Waals surface area contributed by atoms with E-state index >= 15 is 0 Å². The average molecular weight is 448 g/mol. The third kappa shape index (κ3) is 4.43. The van der Waals surface area contributed by atoms with Crippen LogP contribution in [0.5, 0.6) is 5.75 Å². The average Bonchev–Trinajstić information content (AvgIpc) is 3.34. The van der Waals surface area contributed by atoms with E-state index in [9.17, 15) is 9.59 Å². The van der Waals surface area contributed by atoms with Crippen LogP contribution in [0.3, 0.4) is 0 Å². The van der Waals surface area contributed by atoms with E-state index in [0.717, 1.165) is 48.7 Å². The molecule has 0 saturated carbocycles. The Labute approximate surface area is 193 Å². The number of hydrogen-bond donors (Lipinski definition) is 1. The Hall–Kier alpha value is -3.39. The number of carbonyl (C=O) groups excluding carboxylic acids is 2. The van der Waals surface area contributed by atoms with Gasteiger partial charge in [0.15, 0.2) is 0 Å². The molecule has 4 heterocycles. The van der Waals surface area contributed by atoms with Crippen LogP contribution in [0.25, 0.3) is 6.08 Å². The van der Waals surface area contributed by atoms with E-state index in [1.54, 1.807) is 19.4 Å². The Morgan fingerprint density at radius 3 is 2.67 bits per heavy atom. The number of likely N-dealkylation sites (N-methyl/N-ethyl adjacent to an activating group) is 1. The van der Waals surface area contributed by atoms with Gasteiger partial charge in [0.05, 0.1) is 19.3 Å². The number of nitrogens with zero attached hydrogens (tertiary/aromatic N) is 4. The number of rotatable bonds is 4. The molecule has 0 unspecified atom stereocenters. The third-order valence-electron chi connectivity index (χ3n) is 6.74. The van der Waals surface area contributed by atoms with Crippen molar-refractivity contribution in [1.82, 2.24) is 14.8 Å². The van der Waals surface area contributed by atoms with Gasteiger partial charge in [-0.2, -0.15) is 0 Å². The van der Waals surface area contributed by atoms with Gasteiger partial charge < -0.3 is 19.9 Å². The SMILES string of the molecule is COc1ccccc1N1C[C@H]2CN(C(=O)/C=C/c3cnc4c(c3)CN(C)CC(=O)N4)C[C@H]2C1. The monoisotopic (exact) mass is 447 g/mol. The van der Waals surface area contributed by atoms with Crippen molar-refractivity contribution >= 4 is 29.4 Å². The molecule has 2 aromatic rings. The van der Waals surface area contributed by atoms with Crippen LogP contribution < -0.4 is 15.0 Å². The van der Waals surface area contributed by atoms with E-state index in [1.165, 1.54) is 0 Å². The van der Waals surface area contributed by atoms with Crippen molar-refractivity contribution in [2.24, 2.45) is 11.8 Å². The van der Waals surface area contributed by atoms with Gasteiger partial charge in [0.25, 0.3) is 0 Å². The molecule has 1 aromatic carbocycles. The molecule has 0 bridgehead atoms. The van der Waals surface area contributed by atoms with Crippen LogP contribution in [0.4, 0.5) is 11.5 Å². The van der Waals surface area contributed by atoms with Gasteiger partial charge in [-0.3, -0.25) is 14.5 Å². The molecule has 3 aliphatic rings. The minimum atomic E-state index is -0.0638. The predicted molar refractivity (Wildman–Crippen MR) is 127 cm³/mol. The van der Waals surface area contributed by atoms with Crippen LogP contribution in [-0.2, 0) is 16.1 Å². The molecule has 8 heteroatoms. The number of carbonyl (C=O) groups is 2. The van der Waals surface area contributed by atoms with Crippen molar-refractivity contribution in [3.05, 3.63) is 53.7 Å². The summed E-state index contributed by atoms with van der Waals surface area (Å²) in [5.41, 5.74) is 2.93. The lowest BCUT2D eigenvalue weighted by Gasteiger charge is -2.24. The normalized spacial score (nSPS) is 22.8. The van der Waals surface area contributed by atoms with Crippen molar-refractivity contribution in [3.8, 4) is 5.75 Å². The number of anilines is 2. The quantitative estimate of drug-likeness (QED) is 0.724. The first-order chi connectivity index (χ1) is 16.0.